The van der Waals surface area contributed by atoms with Crippen molar-refractivity contribution in [2.24, 2.45) is 5.73 Å². The van der Waals surface area contributed by atoms with Crippen molar-refractivity contribution in [3.05, 3.63) is 65.2 Å². The zero-order chi connectivity index (χ0) is 15.3. The number of nitrogens with two attached hydrogens (primary N) is 1. The molecular formula is C15H17ClN2O2S. The third-order valence-electron chi connectivity index (χ3n) is 3.10. The highest BCUT2D eigenvalue weighted by atomic mass is 35.5. The van der Waals surface area contributed by atoms with E-state index in [4.69, 9.17) is 17.3 Å². The highest BCUT2D eigenvalue weighted by Gasteiger charge is 2.17. The predicted molar refractivity (Wildman–Crippen MR) is 84.6 cm³/mol. The van der Waals surface area contributed by atoms with Gasteiger partial charge in [-0.25, -0.2) is 13.1 Å². The highest BCUT2D eigenvalue weighted by molar-refractivity contribution is 7.89. The molecule has 6 heteroatoms. The number of sulfonamides is 1. The quantitative estimate of drug-likeness (QED) is 0.858. The van der Waals surface area contributed by atoms with E-state index in [9.17, 15) is 8.42 Å². The minimum absolute atomic E-state index is 0.0833. The second kappa shape index (κ2) is 7.04. The van der Waals surface area contributed by atoms with E-state index in [2.05, 4.69) is 4.72 Å². The fraction of sp³-hybridized carbons (Fsp3) is 0.200. The lowest BCUT2D eigenvalue weighted by Crippen LogP contribution is -2.27. The molecule has 0 aliphatic carbocycles. The van der Waals surface area contributed by atoms with Gasteiger partial charge in [0.1, 0.15) is 4.90 Å². The van der Waals surface area contributed by atoms with Crippen LogP contribution in [0.15, 0.2) is 59.5 Å². The average Bonchev–Trinajstić information content (AvgIpc) is 2.48. The average molecular weight is 325 g/mol. The monoisotopic (exact) mass is 324 g/mol. The topological polar surface area (TPSA) is 72.2 Å². The van der Waals surface area contributed by atoms with Crippen molar-refractivity contribution in [2.45, 2.75) is 17.4 Å². The molecule has 2 aromatic carbocycles. The fourth-order valence-corrected chi connectivity index (χ4v) is 3.52. The first-order valence-corrected chi connectivity index (χ1v) is 8.41. The Bertz CT molecular complexity index is 690. The molecule has 0 spiro atoms. The Kier molecular flexibility index (Phi) is 5.36. The van der Waals surface area contributed by atoms with E-state index in [0.29, 0.717) is 6.42 Å². The lowest BCUT2D eigenvalue weighted by atomic mass is 10.1. The van der Waals surface area contributed by atoms with Gasteiger partial charge in [0.15, 0.2) is 0 Å². The summed E-state index contributed by atoms with van der Waals surface area (Å²) in [6.07, 6.45) is 0.508. The fourth-order valence-electron chi connectivity index (χ4n) is 1.96. The van der Waals surface area contributed by atoms with E-state index in [1.54, 1.807) is 18.2 Å². The van der Waals surface area contributed by atoms with Gasteiger partial charge in [0.25, 0.3) is 0 Å². The van der Waals surface area contributed by atoms with E-state index >= 15 is 0 Å². The molecule has 0 aliphatic heterocycles. The molecule has 0 saturated heterocycles. The van der Waals surface area contributed by atoms with Gasteiger partial charge in [-0.15, -0.1) is 0 Å². The zero-order valence-electron chi connectivity index (χ0n) is 11.4. The molecule has 1 atom stereocenters. The third kappa shape index (κ3) is 4.28. The molecule has 0 fully saturated rings. The summed E-state index contributed by atoms with van der Waals surface area (Å²) in [5.74, 6) is 0. The van der Waals surface area contributed by atoms with Crippen LogP contribution in [-0.2, 0) is 10.0 Å². The number of nitrogens with one attached hydrogen (secondary N) is 1. The van der Waals surface area contributed by atoms with Gasteiger partial charge in [0, 0.05) is 12.6 Å². The molecule has 0 amide bonds. The van der Waals surface area contributed by atoms with Gasteiger partial charge in [-0.1, -0.05) is 54.1 Å². The van der Waals surface area contributed by atoms with Crippen molar-refractivity contribution in [3.63, 3.8) is 0 Å². The summed E-state index contributed by atoms with van der Waals surface area (Å²) < 4.78 is 26.8. The SMILES string of the molecule is NC(CCNS(=O)(=O)c1ccccc1Cl)c1ccccc1. The molecule has 112 valence electrons. The first-order valence-electron chi connectivity index (χ1n) is 6.55. The van der Waals surface area contributed by atoms with Crippen LogP contribution in [-0.4, -0.2) is 15.0 Å². The Morgan fingerprint density at radius 2 is 1.67 bits per heavy atom. The highest BCUT2D eigenvalue weighted by Crippen LogP contribution is 2.20. The summed E-state index contributed by atoms with van der Waals surface area (Å²) in [5, 5.41) is 0.206. The molecule has 0 aliphatic rings. The first-order chi connectivity index (χ1) is 10.0. The van der Waals surface area contributed by atoms with Crippen molar-refractivity contribution >= 4 is 21.6 Å². The molecule has 0 radical (unpaired) electrons. The predicted octanol–water partition coefficient (Wildman–Crippen LogP) is 2.71. The molecule has 0 saturated carbocycles. The molecule has 2 aromatic rings. The van der Waals surface area contributed by atoms with Gasteiger partial charge < -0.3 is 5.73 Å². The second-order valence-corrected chi connectivity index (χ2v) is 6.78. The van der Waals surface area contributed by atoms with Crippen molar-refractivity contribution in [1.82, 2.24) is 4.72 Å². The maximum absolute atomic E-state index is 12.1. The summed E-state index contributed by atoms with van der Waals surface area (Å²) in [6.45, 7) is 0.254. The minimum atomic E-state index is -3.61. The van der Waals surface area contributed by atoms with E-state index in [1.165, 1.54) is 6.07 Å². The maximum Gasteiger partial charge on any atom is 0.242 e. The van der Waals surface area contributed by atoms with Crippen molar-refractivity contribution in [2.75, 3.05) is 6.54 Å². The first kappa shape index (κ1) is 16.0. The molecule has 3 N–H and O–H groups in total. The largest absolute Gasteiger partial charge is 0.324 e. The number of hydrogen-bond acceptors (Lipinski definition) is 3. The van der Waals surface area contributed by atoms with Crippen LogP contribution in [0.1, 0.15) is 18.0 Å². The number of halogens is 1. The molecule has 0 heterocycles. The van der Waals surface area contributed by atoms with Crippen LogP contribution >= 0.6 is 11.6 Å². The van der Waals surface area contributed by atoms with Crippen LogP contribution in [0.2, 0.25) is 5.02 Å². The van der Waals surface area contributed by atoms with Gasteiger partial charge in [-0.2, -0.15) is 0 Å². The van der Waals surface area contributed by atoms with Crippen LogP contribution < -0.4 is 10.5 Å². The lowest BCUT2D eigenvalue weighted by Gasteiger charge is -2.13. The van der Waals surface area contributed by atoms with Crippen LogP contribution in [0, 0.1) is 0 Å². The van der Waals surface area contributed by atoms with Crippen molar-refractivity contribution < 1.29 is 8.42 Å². The Morgan fingerprint density at radius 3 is 2.33 bits per heavy atom. The van der Waals surface area contributed by atoms with Crippen LogP contribution in [0.4, 0.5) is 0 Å². The van der Waals surface area contributed by atoms with E-state index < -0.39 is 10.0 Å². The lowest BCUT2D eigenvalue weighted by molar-refractivity contribution is 0.569. The Labute approximate surface area is 130 Å². The van der Waals surface area contributed by atoms with E-state index in [0.717, 1.165) is 5.56 Å². The molecule has 4 nitrogen and oxygen atoms in total. The number of hydrogen-bond donors (Lipinski definition) is 2. The maximum atomic E-state index is 12.1. The third-order valence-corrected chi connectivity index (χ3v) is 5.06. The van der Waals surface area contributed by atoms with Crippen LogP contribution in [0.25, 0.3) is 0 Å². The van der Waals surface area contributed by atoms with Gasteiger partial charge in [0.05, 0.1) is 5.02 Å². The Morgan fingerprint density at radius 1 is 1.05 bits per heavy atom. The van der Waals surface area contributed by atoms with Crippen molar-refractivity contribution in [3.8, 4) is 0 Å². The number of rotatable bonds is 6. The molecule has 21 heavy (non-hydrogen) atoms. The number of benzene rings is 2. The summed E-state index contributed by atoms with van der Waals surface area (Å²) in [5.41, 5.74) is 7.01. The standard InChI is InChI=1S/C15H17ClN2O2S/c16-13-8-4-5-9-15(13)21(19,20)18-11-10-14(17)12-6-2-1-3-7-12/h1-9,14,18H,10-11,17H2. The molecule has 1 unspecified atom stereocenters. The summed E-state index contributed by atoms with van der Waals surface area (Å²) >= 11 is 5.90. The van der Waals surface area contributed by atoms with Gasteiger partial charge in [-0.3, -0.25) is 0 Å². The molecule has 0 aromatic heterocycles. The molecule has 0 bridgehead atoms. The minimum Gasteiger partial charge on any atom is -0.324 e. The van der Waals surface area contributed by atoms with Crippen LogP contribution in [0.3, 0.4) is 0 Å². The smallest absolute Gasteiger partial charge is 0.242 e. The zero-order valence-corrected chi connectivity index (χ0v) is 12.9. The van der Waals surface area contributed by atoms with Crippen LogP contribution in [0.5, 0.6) is 0 Å². The summed E-state index contributed by atoms with van der Waals surface area (Å²) in [4.78, 5) is 0.0833. The second-order valence-electron chi connectivity index (χ2n) is 4.63. The Hall–Kier alpha value is -1.40. The van der Waals surface area contributed by atoms with Gasteiger partial charge in [0.2, 0.25) is 10.0 Å². The van der Waals surface area contributed by atoms with E-state index in [1.807, 2.05) is 30.3 Å². The normalized spacial score (nSPS) is 13.0. The molecular weight excluding hydrogens is 308 g/mol. The van der Waals surface area contributed by atoms with E-state index in [-0.39, 0.29) is 22.5 Å². The summed E-state index contributed by atoms with van der Waals surface area (Å²) in [6, 6.07) is 15.7. The molecule has 2 rings (SSSR count). The Balaban J connectivity index is 1.96. The summed E-state index contributed by atoms with van der Waals surface area (Å²) in [7, 11) is -3.61. The van der Waals surface area contributed by atoms with Crippen molar-refractivity contribution in [1.29, 1.82) is 0 Å². The van der Waals surface area contributed by atoms with Gasteiger partial charge in [-0.05, 0) is 24.1 Å². The van der Waals surface area contributed by atoms with Gasteiger partial charge >= 0.3 is 0 Å².